The number of amides is 3. The number of carbonyl (C=O) groups excluding carboxylic acids is 2. The van der Waals surface area contributed by atoms with Gasteiger partial charge in [-0.05, 0) is 18.8 Å². The van der Waals surface area contributed by atoms with Gasteiger partial charge in [0.1, 0.15) is 5.82 Å². The molecule has 2 heterocycles. The van der Waals surface area contributed by atoms with Crippen LogP contribution in [0.25, 0.3) is 0 Å². The van der Waals surface area contributed by atoms with Gasteiger partial charge >= 0.3 is 6.03 Å². The topological polar surface area (TPSA) is 88.9 Å². The minimum Gasteiger partial charge on any atom is -0.338 e. The quantitative estimate of drug-likeness (QED) is 0.802. The zero-order valence-electron chi connectivity index (χ0n) is 13.1. The van der Waals surface area contributed by atoms with Gasteiger partial charge in [0.05, 0.1) is 5.75 Å². The molecule has 0 spiro atoms. The number of thioether (sulfide) groups is 1. The highest BCUT2D eigenvalue weighted by atomic mass is 32.2. The van der Waals surface area contributed by atoms with Crippen molar-refractivity contribution in [3.63, 3.8) is 0 Å². The van der Waals surface area contributed by atoms with E-state index >= 15 is 0 Å². The smallest absolute Gasteiger partial charge is 0.321 e. The minimum atomic E-state index is -0.445. The van der Waals surface area contributed by atoms with Crippen molar-refractivity contribution in [2.24, 2.45) is 5.92 Å². The Morgan fingerprint density at radius 1 is 1.27 bits per heavy atom. The Kier molecular flexibility index (Phi) is 6.23. The van der Waals surface area contributed by atoms with E-state index in [1.165, 1.54) is 18.2 Å². The van der Waals surface area contributed by atoms with E-state index in [2.05, 4.69) is 25.4 Å². The molecule has 1 aromatic heterocycles. The van der Waals surface area contributed by atoms with Crippen molar-refractivity contribution in [1.29, 1.82) is 0 Å². The Morgan fingerprint density at radius 3 is 2.86 bits per heavy atom. The van der Waals surface area contributed by atoms with Crippen molar-refractivity contribution < 1.29 is 9.59 Å². The van der Waals surface area contributed by atoms with Crippen molar-refractivity contribution in [3.05, 3.63) is 5.82 Å². The van der Waals surface area contributed by atoms with Gasteiger partial charge < -0.3 is 9.88 Å². The van der Waals surface area contributed by atoms with Crippen molar-refractivity contribution >= 4 is 23.7 Å². The number of aromatic nitrogens is 3. The van der Waals surface area contributed by atoms with Crippen LogP contribution >= 0.6 is 11.8 Å². The van der Waals surface area contributed by atoms with Crippen LogP contribution in [-0.2, 0) is 17.8 Å². The van der Waals surface area contributed by atoms with Gasteiger partial charge in [-0.25, -0.2) is 4.79 Å². The Balaban J connectivity index is 1.79. The summed E-state index contributed by atoms with van der Waals surface area (Å²) in [5, 5.41) is 14.1. The number of aryl methyl sites for hydroxylation is 1. The maximum Gasteiger partial charge on any atom is 0.321 e. The summed E-state index contributed by atoms with van der Waals surface area (Å²) in [4.78, 5) is 23.3. The Bertz CT molecular complexity index is 529. The molecule has 0 saturated carbocycles. The van der Waals surface area contributed by atoms with Crippen LogP contribution in [0.4, 0.5) is 4.79 Å². The van der Waals surface area contributed by atoms with Gasteiger partial charge in [0, 0.05) is 19.5 Å². The molecule has 1 aromatic rings. The molecular formula is C14H23N5O2S. The van der Waals surface area contributed by atoms with Crippen molar-refractivity contribution in [2.45, 2.75) is 51.2 Å². The summed E-state index contributed by atoms with van der Waals surface area (Å²) < 4.78 is 2.09. The molecule has 1 aliphatic rings. The van der Waals surface area contributed by atoms with Gasteiger partial charge in [-0.1, -0.05) is 32.0 Å². The summed E-state index contributed by atoms with van der Waals surface area (Å²) in [6, 6.07) is -0.445. The van der Waals surface area contributed by atoms with E-state index in [4.69, 9.17) is 0 Å². The summed E-state index contributed by atoms with van der Waals surface area (Å²) in [5.41, 5.74) is 0. The maximum atomic E-state index is 11.8. The van der Waals surface area contributed by atoms with Gasteiger partial charge in [0.15, 0.2) is 5.16 Å². The first kappa shape index (κ1) is 16.8. The zero-order chi connectivity index (χ0) is 15.9. The third-order valence-corrected chi connectivity index (χ3v) is 4.30. The molecule has 2 rings (SSSR count). The van der Waals surface area contributed by atoms with E-state index in [0.29, 0.717) is 12.5 Å². The van der Waals surface area contributed by atoms with Crippen LogP contribution in [0.1, 0.15) is 38.9 Å². The fourth-order valence-electron chi connectivity index (χ4n) is 2.20. The van der Waals surface area contributed by atoms with Gasteiger partial charge in [-0.2, -0.15) is 0 Å². The molecule has 0 unspecified atom stereocenters. The lowest BCUT2D eigenvalue weighted by atomic mass is 10.2. The molecule has 0 radical (unpaired) electrons. The number of carbonyl (C=O) groups is 2. The van der Waals surface area contributed by atoms with E-state index < -0.39 is 6.03 Å². The molecule has 0 aliphatic carbocycles. The molecule has 8 heteroatoms. The van der Waals surface area contributed by atoms with E-state index in [0.717, 1.165) is 36.8 Å². The SMILES string of the molecule is CC(C)CNC(=O)NC(=O)CSc1nnc2n1CCCCC2. The summed E-state index contributed by atoms with van der Waals surface area (Å²) in [7, 11) is 0. The van der Waals surface area contributed by atoms with Crippen molar-refractivity contribution in [2.75, 3.05) is 12.3 Å². The molecule has 7 nitrogen and oxygen atoms in total. The molecule has 0 atom stereocenters. The predicted molar refractivity (Wildman–Crippen MR) is 84.7 cm³/mol. The van der Waals surface area contributed by atoms with Gasteiger partial charge in [0.2, 0.25) is 5.91 Å². The van der Waals surface area contributed by atoms with Crippen molar-refractivity contribution in [1.82, 2.24) is 25.4 Å². The molecule has 0 fully saturated rings. The standard InChI is InChI=1S/C14H23N5O2S/c1-10(2)8-15-13(21)16-12(20)9-22-14-18-17-11-6-4-3-5-7-19(11)14/h10H,3-9H2,1-2H3,(H2,15,16,20,21). The van der Waals surface area contributed by atoms with E-state index in [1.807, 2.05) is 13.8 Å². The largest absolute Gasteiger partial charge is 0.338 e. The lowest BCUT2D eigenvalue weighted by Crippen LogP contribution is -2.41. The monoisotopic (exact) mass is 325 g/mol. The maximum absolute atomic E-state index is 11.8. The predicted octanol–water partition coefficient (Wildman–Crippen LogP) is 1.58. The van der Waals surface area contributed by atoms with Crippen LogP contribution in [0.15, 0.2) is 5.16 Å². The van der Waals surface area contributed by atoms with E-state index in [9.17, 15) is 9.59 Å². The minimum absolute atomic E-state index is 0.160. The molecule has 122 valence electrons. The van der Waals surface area contributed by atoms with Gasteiger partial charge in [-0.3, -0.25) is 10.1 Å². The first-order valence-corrected chi connectivity index (χ1v) is 8.67. The molecule has 1 aliphatic heterocycles. The number of urea groups is 1. The fraction of sp³-hybridized carbons (Fsp3) is 0.714. The summed E-state index contributed by atoms with van der Waals surface area (Å²) >= 11 is 1.32. The van der Waals surface area contributed by atoms with Crippen LogP contribution < -0.4 is 10.6 Å². The van der Waals surface area contributed by atoms with Crippen LogP contribution in [-0.4, -0.2) is 39.0 Å². The second kappa shape index (κ2) is 8.17. The number of fused-ring (bicyclic) bond motifs is 1. The first-order valence-electron chi connectivity index (χ1n) is 7.69. The van der Waals surface area contributed by atoms with Crippen LogP contribution in [0.5, 0.6) is 0 Å². The van der Waals surface area contributed by atoms with E-state index in [-0.39, 0.29) is 11.7 Å². The average molecular weight is 325 g/mol. The summed E-state index contributed by atoms with van der Waals surface area (Å²) in [6.45, 7) is 5.44. The number of hydrogen-bond donors (Lipinski definition) is 2. The number of rotatable bonds is 5. The highest BCUT2D eigenvalue weighted by Gasteiger charge is 2.16. The lowest BCUT2D eigenvalue weighted by Gasteiger charge is -2.09. The van der Waals surface area contributed by atoms with Crippen LogP contribution in [0.3, 0.4) is 0 Å². The molecule has 3 amide bonds. The van der Waals surface area contributed by atoms with Crippen LogP contribution in [0.2, 0.25) is 0 Å². The van der Waals surface area contributed by atoms with Gasteiger partial charge in [0.25, 0.3) is 0 Å². The molecule has 0 saturated heterocycles. The summed E-state index contributed by atoms with van der Waals surface area (Å²) in [5.74, 6) is 1.18. The molecule has 0 bridgehead atoms. The first-order chi connectivity index (χ1) is 10.6. The second-order valence-electron chi connectivity index (χ2n) is 5.80. The molecule has 22 heavy (non-hydrogen) atoms. The third-order valence-electron chi connectivity index (χ3n) is 3.33. The van der Waals surface area contributed by atoms with Gasteiger partial charge in [-0.15, -0.1) is 10.2 Å². The number of nitrogens with one attached hydrogen (secondary N) is 2. The fourth-order valence-corrected chi connectivity index (χ4v) is 2.98. The molecule has 2 N–H and O–H groups in total. The zero-order valence-corrected chi connectivity index (χ0v) is 13.9. The van der Waals surface area contributed by atoms with Crippen LogP contribution in [0, 0.1) is 5.92 Å². The van der Waals surface area contributed by atoms with Crippen molar-refractivity contribution in [3.8, 4) is 0 Å². The highest BCUT2D eigenvalue weighted by molar-refractivity contribution is 7.99. The average Bonchev–Trinajstić information content (AvgIpc) is 2.70. The Hall–Kier alpha value is -1.57. The lowest BCUT2D eigenvalue weighted by molar-refractivity contribution is -0.117. The number of hydrogen-bond acceptors (Lipinski definition) is 5. The third kappa shape index (κ3) is 5.01. The highest BCUT2D eigenvalue weighted by Crippen LogP contribution is 2.21. The normalized spacial score (nSPS) is 14.3. The Morgan fingerprint density at radius 2 is 2.09 bits per heavy atom. The summed E-state index contributed by atoms with van der Waals surface area (Å²) in [6.07, 6.45) is 4.39. The second-order valence-corrected chi connectivity index (χ2v) is 6.74. The van der Waals surface area contributed by atoms with E-state index in [1.54, 1.807) is 0 Å². The molecular weight excluding hydrogens is 302 g/mol. The number of nitrogens with zero attached hydrogens (tertiary/aromatic N) is 3. The molecule has 0 aromatic carbocycles. The Labute approximate surface area is 134 Å². The number of imide groups is 1.